The summed E-state index contributed by atoms with van der Waals surface area (Å²) in [5.41, 5.74) is -0.358. The van der Waals surface area contributed by atoms with Gasteiger partial charge in [0.2, 0.25) is 15.9 Å². The van der Waals surface area contributed by atoms with Crippen molar-refractivity contribution in [2.75, 3.05) is 18.4 Å². The van der Waals surface area contributed by atoms with Crippen molar-refractivity contribution in [3.63, 3.8) is 0 Å². The van der Waals surface area contributed by atoms with Crippen LogP contribution in [0.3, 0.4) is 0 Å². The fourth-order valence-electron chi connectivity index (χ4n) is 2.40. The standard InChI is InChI=1S/C18H22F3N3O3S2/c1-12(2)7-8-24(10-16(25)23-17-22-13(3)11-28-17)29(26,27)15-6-4-5-14(9-15)18(19,20)21/h4-6,9,11-12H,7-8,10H2,1-3H3,(H,22,23,25). The Balaban J connectivity index is 2.28. The summed E-state index contributed by atoms with van der Waals surface area (Å²) < 4.78 is 65.8. The lowest BCUT2D eigenvalue weighted by Crippen LogP contribution is -2.39. The van der Waals surface area contributed by atoms with Crippen molar-refractivity contribution in [3.8, 4) is 0 Å². The van der Waals surface area contributed by atoms with Crippen LogP contribution in [-0.4, -0.2) is 36.7 Å². The van der Waals surface area contributed by atoms with E-state index in [9.17, 15) is 26.4 Å². The van der Waals surface area contributed by atoms with Crippen molar-refractivity contribution in [2.24, 2.45) is 5.92 Å². The summed E-state index contributed by atoms with van der Waals surface area (Å²) in [5, 5.41) is 4.58. The first-order chi connectivity index (χ1) is 13.4. The van der Waals surface area contributed by atoms with Crippen LogP contribution in [0.2, 0.25) is 0 Å². The predicted octanol–water partition coefficient (Wildman–Crippen LogP) is 4.15. The second kappa shape index (κ2) is 9.23. The number of halogens is 3. The van der Waals surface area contributed by atoms with Crippen LogP contribution >= 0.6 is 11.3 Å². The lowest BCUT2D eigenvalue weighted by atomic mass is 10.1. The molecule has 0 radical (unpaired) electrons. The number of carbonyl (C=O) groups excluding carboxylic acids is 1. The number of aryl methyl sites for hydroxylation is 1. The van der Waals surface area contributed by atoms with Gasteiger partial charge in [0, 0.05) is 11.9 Å². The van der Waals surface area contributed by atoms with Gasteiger partial charge in [-0.15, -0.1) is 11.3 Å². The molecule has 0 saturated carbocycles. The molecule has 0 aliphatic heterocycles. The normalized spacial score (nSPS) is 12.6. The third-order valence-corrected chi connectivity index (χ3v) is 6.66. The number of thiazole rings is 1. The zero-order chi connectivity index (χ0) is 21.8. The second-order valence-electron chi connectivity index (χ2n) is 6.89. The summed E-state index contributed by atoms with van der Waals surface area (Å²) in [5.74, 6) is -0.474. The molecule has 1 aromatic heterocycles. The Hall–Kier alpha value is -1.98. The van der Waals surface area contributed by atoms with Gasteiger partial charge in [-0.2, -0.15) is 17.5 Å². The van der Waals surface area contributed by atoms with Gasteiger partial charge in [0.15, 0.2) is 5.13 Å². The Labute approximate surface area is 171 Å². The largest absolute Gasteiger partial charge is 0.416 e. The highest BCUT2D eigenvalue weighted by molar-refractivity contribution is 7.89. The highest BCUT2D eigenvalue weighted by Crippen LogP contribution is 2.31. The molecule has 1 aromatic carbocycles. The maximum absolute atomic E-state index is 13.0. The molecular formula is C18H22F3N3O3S2. The molecule has 0 aliphatic rings. The number of carbonyl (C=O) groups is 1. The lowest BCUT2D eigenvalue weighted by Gasteiger charge is -2.23. The molecule has 2 rings (SSSR count). The molecule has 1 amide bonds. The third kappa shape index (κ3) is 6.51. The van der Waals surface area contributed by atoms with Crippen LogP contribution in [-0.2, 0) is 21.0 Å². The maximum atomic E-state index is 13.0. The molecule has 0 bridgehead atoms. The van der Waals surface area contributed by atoms with Gasteiger partial charge < -0.3 is 5.32 Å². The fourth-order valence-corrected chi connectivity index (χ4v) is 4.56. The number of hydrogen-bond donors (Lipinski definition) is 1. The number of sulfonamides is 1. The van der Waals surface area contributed by atoms with Gasteiger partial charge in [-0.25, -0.2) is 13.4 Å². The monoisotopic (exact) mass is 449 g/mol. The van der Waals surface area contributed by atoms with Crippen LogP contribution in [0.25, 0.3) is 0 Å². The predicted molar refractivity (Wildman–Crippen MR) is 105 cm³/mol. The van der Waals surface area contributed by atoms with E-state index in [1.807, 2.05) is 13.8 Å². The molecule has 2 aromatic rings. The minimum absolute atomic E-state index is 0.000558. The number of benzene rings is 1. The SMILES string of the molecule is Cc1csc(NC(=O)CN(CCC(C)C)S(=O)(=O)c2cccc(C(F)(F)F)c2)n1. The van der Waals surface area contributed by atoms with Crippen molar-refractivity contribution < 1.29 is 26.4 Å². The Morgan fingerprint density at radius 2 is 2.00 bits per heavy atom. The molecule has 160 valence electrons. The smallest absolute Gasteiger partial charge is 0.301 e. The van der Waals surface area contributed by atoms with Crippen LogP contribution in [0.1, 0.15) is 31.5 Å². The molecule has 29 heavy (non-hydrogen) atoms. The highest BCUT2D eigenvalue weighted by Gasteiger charge is 2.33. The number of amides is 1. The number of aromatic nitrogens is 1. The zero-order valence-corrected chi connectivity index (χ0v) is 17.8. The minimum atomic E-state index is -4.67. The maximum Gasteiger partial charge on any atom is 0.416 e. The molecule has 0 fully saturated rings. The average Bonchev–Trinajstić information content (AvgIpc) is 3.02. The van der Waals surface area contributed by atoms with Gasteiger partial charge in [-0.3, -0.25) is 4.79 Å². The van der Waals surface area contributed by atoms with Gasteiger partial charge in [0.05, 0.1) is 22.7 Å². The first-order valence-corrected chi connectivity index (χ1v) is 11.1. The van der Waals surface area contributed by atoms with E-state index in [4.69, 9.17) is 0 Å². The molecule has 1 heterocycles. The van der Waals surface area contributed by atoms with E-state index in [0.29, 0.717) is 23.3 Å². The summed E-state index contributed by atoms with van der Waals surface area (Å²) >= 11 is 1.20. The highest BCUT2D eigenvalue weighted by atomic mass is 32.2. The Bertz CT molecular complexity index is 957. The number of hydrogen-bond acceptors (Lipinski definition) is 5. The molecule has 0 unspecified atom stereocenters. The van der Waals surface area contributed by atoms with E-state index in [1.165, 1.54) is 11.3 Å². The molecule has 0 atom stereocenters. The van der Waals surface area contributed by atoms with E-state index < -0.39 is 39.1 Å². The van der Waals surface area contributed by atoms with Gasteiger partial charge in [-0.1, -0.05) is 19.9 Å². The van der Waals surface area contributed by atoms with Gasteiger partial charge in [0.1, 0.15) is 0 Å². The van der Waals surface area contributed by atoms with Crippen LogP contribution in [0.5, 0.6) is 0 Å². The van der Waals surface area contributed by atoms with Gasteiger partial charge in [0.25, 0.3) is 0 Å². The third-order valence-electron chi connectivity index (χ3n) is 3.94. The molecule has 6 nitrogen and oxygen atoms in total. The van der Waals surface area contributed by atoms with Crippen LogP contribution in [0.15, 0.2) is 34.5 Å². The van der Waals surface area contributed by atoms with Crippen molar-refractivity contribution in [1.82, 2.24) is 9.29 Å². The summed E-state index contributed by atoms with van der Waals surface area (Å²) in [6.45, 7) is 4.99. The van der Waals surface area contributed by atoms with Gasteiger partial charge in [-0.05, 0) is 37.5 Å². The molecule has 0 aliphatic carbocycles. The number of alkyl halides is 3. The zero-order valence-electron chi connectivity index (χ0n) is 16.2. The van der Waals surface area contributed by atoms with Crippen molar-refractivity contribution in [2.45, 2.75) is 38.3 Å². The molecule has 0 saturated heterocycles. The number of rotatable bonds is 8. The van der Waals surface area contributed by atoms with E-state index in [1.54, 1.807) is 12.3 Å². The van der Waals surface area contributed by atoms with E-state index in [2.05, 4.69) is 10.3 Å². The van der Waals surface area contributed by atoms with E-state index in [-0.39, 0.29) is 12.5 Å². The Morgan fingerprint density at radius 1 is 1.31 bits per heavy atom. The Kier molecular flexibility index (Phi) is 7.41. The summed E-state index contributed by atoms with van der Waals surface area (Å²) in [4.78, 5) is 15.9. The molecule has 1 N–H and O–H groups in total. The summed E-state index contributed by atoms with van der Waals surface area (Å²) in [6.07, 6.45) is -4.23. The number of nitrogens with zero attached hydrogens (tertiary/aromatic N) is 2. The first-order valence-electron chi connectivity index (χ1n) is 8.79. The van der Waals surface area contributed by atoms with Crippen molar-refractivity contribution in [1.29, 1.82) is 0 Å². The minimum Gasteiger partial charge on any atom is -0.301 e. The van der Waals surface area contributed by atoms with E-state index >= 15 is 0 Å². The van der Waals surface area contributed by atoms with Gasteiger partial charge >= 0.3 is 6.18 Å². The molecule has 0 spiro atoms. The fraction of sp³-hybridized carbons (Fsp3) is 0.444. The van der Waals surface area contributed by atoms with E-state index in [0.717, 1.165) is 22.5 Å². The van der Waals surface area contributed by atoms with Crippen LogP contribution in [0, 0.1) is 12.8 Å². The summed E-state index contributed by atoms with van der Waals surface area (Å²) in [6, 6.07) is 3.51. The number of nitrogens with one attached hydrogen (secondary N) is 1. The molecular weight excluding hydrogens is 427 g/mol. The lowest BCUT2D eigenvalue weighted by molar-refractivity contribution is -0.137. The van der Waals surface area contributed by atoms with Crippen LogP contribution in [0.4, 0.5) is 18.3 Å². The quantitative estimate of drug-likeness (QED) is 0.657. The Morgan fingerprint density at radius 3 is 2.55 bits per heavy atom. The topological polar surface area (TPSA) is 79.4 Å². The summed E-state index contributed by atoms with van der Waals surface area (Å²) in [7, 11) is -4.31. The van der Waals surface area contributed by atoms with Crippen molar-refractivity contribution in [3.05, 3.63) is 40.9 Å². The van der Waals surface area contributed by atoms with Crippen LogP contribution < -0.4 is 5.32 Å². The molecule has 11 heteroatoms. The average molecular weight is 450 g/mol. The number of anilines is 1. The van der Waals surface area contributed by atoms with Crippen molar-refractivity contribution >= 4 is 32.4 Å². The second-order valence-corrected chi connectivity index (χ2v) is 9.68. The first kappa shape index (κ1) is 23.3.